The van der Waals surface area contributed by atoms with Gasteiger partial charge in [-0.15, -0.1) is 11.3 Å². The van der Waals surface area contributed by atoms with Gasteiger partial charge in [-0.3, -0.25) is 0 Å². The van der Waals surface area contributed by atoms with Gasteiger partial charge in [-0.2, -0.15) is 0 Å². The number of hydrogen-bond acceptors (Lipinski definition) is 3. The van der Waals surface area contributed by atoms with Crippen molar-refractivity contribution in [2.75, 3.05) is 0 Å². The lowest BCUT2D eigenvalue weighted by molar-refractivity contribution is 0.495. The molecule has 0 radical (unpaired) electrons. The Morgan fingerprint density at radius 2 is 2.23 bits per heavy atom. The van der Waals surface area contributed by atoms with Crippen LogP contribution in [0.4, 0.5) is 0 Å². The fraction of sp³-hybridized carbons (Fsp3) is 0.700. The molecule has 2 aliphatic carbocycles. The second-order valence-electron chi connectivity index (χ2n) is 4.28. The zero-order chi connectivity index (χ0) is 8.84. The highest BCUT2D eigenvalue weighted by molar-refractivity contribution is 7.07. The smallest absolute Gasteiger partial charge is 0.0795 e. The number of fused-ring (bicyclic) bond motifs is 1. The van der Waals surface area contributed by atoms with Gasteiger partial charge in [0.2, 0.25) is 0 Å². The van der Waals surface area contributed by atoms with E-state index < -0.39 is 0 Å². The van der Waals surface area contributed by atoms with E-state index in [9.17, 15) is 0 Å². The van der Waals surface area contributed by atoms with Crippen molar-refractivity contribution in [3.8, 4) is 0 Å². The molecule has 2 fully saturated rings. The second-order valence-corrected chi connectivity index (χ2v) is 4.99. The first kappa shape index (κ1) is 7.94. The summed E-state index contributed by atoms with van der Waals surface area (Å²) in [4.78, 5) is 4.30. The van der Waals surface area contributed by atoms with Gasteiger partial charge in [0, 0.05) is 5.38 Å². The highest BCUT2D eigenvalue weighted by Gasteiger charge is 2.55. The van der Waals surface area contributed by atoms with E-state index in [-0.39, 0.29) is 6.04 Å². The van der Waals surface area contributed by atoms with E-state index in [0.717, 1.165) is 23.4 Å². The molecule has 2 N–H and O–H groups in total. The molecule has 3 rings (SSSR count). The third-order valence-electron chi connectivity index (χ3n) is 3.68. The molecule has 0 aromatic carbocycles. The van der Waals surface area contributed by atoms with Gasteiger partial charge in [-0.1, -0.05) is 6.42 Å². The predicted octanol–water partition coefficient (Wildman–Crippen LogP) is 2.19. The summed E-state index contributed by atoms with van der Waals surface area (Å²) in [6, 6.07) is 0.224. The van der Waals surface area contributed by atoms with Crippen LogP contribution >= 0.6 is 11.3 Å². The van der Waals surface area contributed by atoms with Crippen molar-refractivity contribution in [3.63, 3.8) is 0 Å². The summed E-state index contributed by atoms with van der Waals surface area (Å²) in [7, 11) is 0. The average Bonchev–Trinajstić information content (AvgIpc) is 2.68. The van der Waals surface area contributed by atoms with Crippen LogP contribution in [0.15, 0.2) is 10.9 Å². The Morgan fingerprint density at radius 3 is 2.85 bits per heavy atom. The van der Waals surface area contributed by atoms with Gasteiger partial charge in [0.05, 0.1) is 17.2 Å². The molecule has 3 atom stereocenters. The van der Waals surface area contributed by atoms with Crippen LogP contribution in [0.1, 0.15) is 31.0 Å². The van der Waals surface area contributed by atoms with Crippen LogP contribution in [-0.4, -0.2) is 4.98 Å². The zero-order valence-electron chi connectivity index (χ0n) is 7.52. The first-order valence-corrected chi connectivity index (χ1v) is 5.96. The van der Waals surface area contributed by atoms with Crippen LogP contribution in [0.5, 0.6) is 0 Å². The largest absolute Gasteiger partial charge is 0.322 e. The molecule has 2 saturated carbocycles. The number of nitrogens with two attached hydrogens (primary N) is 1. The van der Waals surface area contributed by atoms with Crippen molar-refractivity contribution in [1.29, 1.82) is 0 Å². The van der Waals surface area contributed by atoms with Crippen molar-refractivity contribution in [2.24, 2.45) is 23.5 Å². The molecule has 70 valence electrons. The van der Waals surface area contributed by atoms with Crippen molar-refractivity contribution in [2.45, 2.75) is 25.3 Å². The van der Waals surface area contributed by atoms with Crippen molar-refractivity contribution < 1.29 is 0 Å². The fourth-order valence-electron chi connectivity index (χ4n) is 2.99. The summed E-state index contributed by atoms with van der Waals surface area (Å²) in [5.41, 5.74) is 9.18. The maximum Gasteiger partial charge on any atom is 0.0795 e. The standard InChI is InChI=1S/C10H14N2S/c11-10(8-4-13-5-12-8)9-6-2-1-3-7(6)9/h4-7,9-10H,1-3,11H2. The Balaban J connectivity index is 1.74. The molecular weight excluding hydrogens is 180 g/mol. The molecule has 13 heavy (non-hydrogen) atoms. The maximum absolute atomic E-state index is 6.18. The maximum atomic E-state index is 6.18. The number of hydrogen-bond donors (Lipinski definition) is 1. The average molecular weight is 194 g/mol. The van der Waals surface area contributed by atoms with Crippen molar-refractivity contribution >= 4 is 11.3 Å². The lowest BCUT2D eigenvalue weighted by Crippen LogP contribution is -2.15. The van der Waals surface area contributed by atoms with Crippen LogP contribution in [0.25, 0.3) is 0 Å². The van der Waals surface area contributed by atoms with Crippen LogP contribution in [0.2, 0.25) is 0 Å². The number of thiazole rings is 1. The van der Waals surface area contributed by atoms with Gasteiger partial charge in [-0.05, 0) is 30.6 Å². The molecule has 1 heterocycles. The molecule has 3 heteroatoms. The summed E-state index contributed by atoms with van der Waals surface area (Å²) < 4.78 is 0. The van der Waals surface area contributed by atoms with Crippen molar-refractivity contribution in [1.82, 2.24) is 4.98 Å². The molecule has 2 aliphatic rings. The van der Waals surface area contributed by atoms with Crippen LogP contribution in [0, 0.1) is 17.8 Å². The van der Waals surface area contributed by atoms with Crippen molar-refractivity contribution in [3.05, 3.63) is 16.6 Å². The lowest BCUT2D eigenvalue weighted by Gasteiger charge is -2.10. The normalized spacial score (nSPS) is 38.7. The van der Waals surface area contributed by atoms with E-state index in [0.29, 0.717) is 0 Å². The van der Waals surface area contributed by atoms with Gasteiger partial charge in [0.15, 0.2) is 0 Å². The van der Waals surface area contributed by atoms with Crippen LogP contribution < -0.4 is 5.73 Å². The Morgan fingerprint density at radius 1 is 1.46 bits per heavy atom. The summed E-state index contributed by atoms with van der Waals surface area (Å²) in [6.07, 6.45) is 4.25. The minimum Gasteiger partial charge on any atom is -0.322 e. The molecule has 0 aliphatic heterocycles. The van der Waals surface area contributed by atoms with Gasteiger partial charge in [0.25, 0.3) is 0 Å². The molecule has 1 aromatic heterocycles. The minimum absolute atomic E-state index is 0.224. The first-order valence-electron chi connectivity index (χ1n) is 5.01. The summed E-state index contributed by atoms with van der Waals surface area (Å²) in [5, 5.41) is 2.10. The first-order chi connectivity index (χ1) is 6.38. The summed E-state index contributed by atoms with van der Waals surface area (Å²) >= 11 is 1.65. The lowest BCUT2D eigenvalue weighted by atomic mass is 10.0. The molecular formula is C10H14N2S. The van der Waals surface area contributed by atoms with Crippen LogP contribution in [-0.2, 0) is 0 Å². The predicted molar refractivity (Wildman–Crippen MR) is 53.4 cm³/mol. The second kappa shape index (κ2) is 2.79. The van der Waals surface area contributed by atoms with E-state index in [2.05, 4.69) is 10.4 Å². The van der Waals surface area contributed by atoms with Gasteiger partial charge < -0.3 is 5.73 Å². The molecule has 3 unspecified atom stereocenters. The number of rotatable bonds is 2. The Labute approximate surface area is 82.2 Å². The Bertz CT molecular complexity index is 286. The third-order valence-corrected chi connectivity index (χ3v) is 4.29. The zero-order valence-corrected chi connectivity index (χ0v) is 8.33. The van der Waals surface area contributed by atoms with Gasteiger partial charge in [-0.25, -0.2) is 4.98 Å². The quantitative estimate of drug-likeness (QED) is 0.783. The van der Waals surface area contributed by atoms with E-state index in [1.807, 2.05) is 5.51 Å². The SMILES string of the molecule is NC(c1cscn1)C1C2CCCC21. The molecule has 0 spiro atoms. The molecule has 0 amide bonds. The number of nitrogens with zero attached hydrogens (tertiary/aromatic N) is 1. The summed E-state index contributed by atoms with van der Waals surface area (Å²) in [5.74, 6) is 2.64. The Kier molecular flexibility index (Phi) is 1.70. The highest BCUT2D eigenvalue weighted by atomic mass is 32.1. The highest BCUT2D eigenvalue weighted by Crippen LogP contribution is 2.61. The summed E-state index contributed by atoms with van der Waals surface area (Å²) in [6.45, 7) is 0. The third kappa shape index (κ3) is 1.14. The molecule has 0 bridgehead atoms. The molecule has 1 aromatic rings. The van der Waals surface area contributed by atoms with Crippen LogP contribution in [0.3, 0.4) is 0 Å². The van der Waals surface area contributed by atoms with Gasteiger partial charge in [0.1, 0.15) is 0 Å². The van der Waals surface area contributed by atoms with Gasteiger partial charge >= 0.3 is 0 Å². The monoisotopic (exact) mass is 194 g/mol. The van der Waals surface area contributed by atoms with E-state index >= 15 is 0 Å². The fourth-order valence-corrected chi connectivity index (χ4v) is 3.59. The van der Waals surface area contributed by atoms with E-state index in [1.165, 1.54) is 19.3 Å². The van der Waals surface area contributed by atoms with E-state index in [4.69, 9.17) is 5.73 Å². The number of aromatic nitrogens is 1. The van der Waals surface area contributed by atoms with E-state index in [1.54, 1.807) is 11.3 Å². The molecule has 0 saturated heterocycles. The Hall–Kier alpha value is -0.410. The molecule has 2 nitrogen and oxygen atoms in total. The topological polar surface area (TPSA) is 38.9 Å². The minimum atomic E-state index is 0.224.